The molecule has 3 heterocycles. The van der Waals surface area contributed by atoms with Crippen LogP contribution in [0.3, 0.4) is 0 Å². The Labute approximate surface area is 145 Å². The maximum atomic E-state index is 12.4. The van der Waals surface area contributed by atoms with Crippen LogP contribution in [0, 0.1) is 0 Å². The van der Waals surface area contributed by atoms with E-state index in [9.17, 15) is 4.79 Å². The van der Waals surface area contributed by atoms with Crippen molar-refractivity contribution >= 4 is 16.7 Å². The van der Waals surface area contributed by atoms with Gasteiger partial charge in [0.15, 0.2) is 5.82 Å². The van der Waals surface area contributed by atoms with E-state index in [4.69, 9.17) is 4.98 Å². The number of H-pyrrole nitrogens is 1. The highest BCUT2D eigenvalue weighted by Gasteiger charge is 2.35. The highest BCUT2D eigenvalue weighted by Crippen LogP contribution is 2.45. The number of fused-ring (bicyclic) bond motifs is 1. The van der Waals surface area contributed by atoms with Gasteiger partial charge in [0.1, 0.15) is 5.82 Å². The molecule has 126 valence electrons. The predicted octanol–water partition coefficient (Wildman–Crippen LogP) is 2.93. The van der Waals surface area contributed by atoms with Crippen LogP contribution in [0.4, 0.5) is 5.82 Å². The van der Waals surface area contributed by atoms with Gasteiger partial charge in [-0.05, 0) is 37.8 Å². The van der Waals surface area contributed by atoms with Crippen molar-refractivity contribution in [3.05, 3.63) is 58.5 Å². The van der Waals surface area contributed by atoms with E-state index in [0.717, 1.165) is 42.2 Å². The van der Waals surface area contributed by atoms with Crippen molar-refractivity contribution in [2.24, 2.45) is 0 Å². The number of aromatic amines is 1. The van der Waals surface area contributed by atoms with Gasteiger partial charge in [-0.15, -0.1) is 0 Å². The molecule has 6 nitrogen and oxygen atoms in total. The van der Waals surface area contributed by atoms with Crippen molar-refractivity contribution in [3.63, 3.8) is 0 Å². The van der Waals surface area contributed by atoms with Gasteiger partial charge in [-0.3, -0.25) is 9.78 Å². The number of nitrogens with zero attached hydrogens (tertiary/aromatic N) is 4. The fraction of sp³-hybridized carbons (Fsp3) is 0.368. The first kappa shape index (κ1) is 14.6. The Balaban J connectivity index is 1.59. The molecule has 0 amide bonds. The van der Waals surface area contributed by atoms with Crippen LogP contribution in [0.2, 0.25) is 0 Å². The highest BCUT2D eigenvalue weighted by atomic mass is 16.1. The molecule has 3 aromatic rings. The van der Waals surface area contributed by atoms with E-state index in [0.29, 0.717) is 11.3 Å². The monoisotopic (exact) mass is 333 g/mol. The Morgan fingerprint density at radius 3 is 2.80 bits per heavy atom. The largest absolute Gasteiger partial charge is 0.345 e. The van der Waals surface area contributed by atoms with E-state index in [-0.39, 0.29) is 11.6 Å². The van der Waals surface area contributed by atoms with Crippen molar-refractivity contribution in [1.82, 2.24) is 19.9 Å². The van der Waals surface area contributed by atoms with Crippen LogP contribution in [0.5, 0.6) is 0 Å². The van der Waals surface area contributed by atoms with Crippen LogP contribution in [-0.2, 0) is 0 Å². The number of benzene rings is 1. The molecule has 0 bridgehead atoms. The molecule has 1 atom stereocenters. The molecular formula is C19H19N5O. The van der Waals surface area contributed by atoms with Crippen molar-refractivity contribution in [3.8, 4) is 0 Å². The van der Waals surface area contributed by atoms with Crippen molar-refractivity contribution in [2.75, 3.05) is 11.4 Å². The molecule has 2 aromatic heterocycles. The van der Waals surface area contributed by atoms with Crippen molar-refractivity contribution in [2.45, 2.75) is 37.6 Å². The number of hydrogen-bond donors (Lipinski definition) is 1. The quantitative estimate of drug-likeness (QED) is 0.797. The summed E-state index contributed by atoms with van der Waals surface area (Å²) in [6.07, 6.45) is 7.93. The maximum Gasteiger partial charge on any atom is 0.258 e. The van der Waals surface area contributed by atoms with E-state index in [2.05, 4.69) is 19.9 Å². The zero-order chi connectivity index (χ0) is 16.8. The molecule has 1 aliphatic carbocycles. The van der Waals surface area contributed by atoms with Gasteiger partial charge in [-0.25, -0.2) is 9.97 Å². The molecule has 2 aliphatic rings. The minimum Gasteiger partial charge on any atom is -0.345 e. The second-order valence-electron chi connectivity index (χ2n) is 6.86. The molecule has 5 rings (SSSR count). The van der Waals surface area contributed by atoms with Gasteiger partial charge in [0.2, 0.25) is 0 Å². The molecule has 6 heteroatoms. The lowest BCUT2D eigenvalue weighted by molar-refractivity contribution is 0.656. The van der Waals surface area contributed by atoms with E-state index < -0.39 is 0 Å². The molecule has 1 N–H and O–H groups in total. The third-order valence-corrected chi connectivity index (χ3v) is 5.14. The summed E-state index contributed by atoms with van der Waals surface area (Å²) in [6.45, 7) is 0.916. The Hall–Kier alpha value is -2.76. The number of para-hydroxylation sites is 1. The Morgan fingerprint density at radius 1 is 1.08 bits per heavy atom. The number of rotatable bonds is 3. The lowest BCUT2D eigenvalue weighted by Gasteiger charge is -2.26. The van der Waals surface area contributed by atoms with Gasteiger partial charge in [-0.2, -0.15) is 0 Å². The molecule has 0 radical (unpaired) electrons. The van der Waals surface area contributed by atoms with Crippen LogP contribution >= 0.6 is 0 Å². The zero-order valence-corrected chi connectivity index (χ0v) is 13.9. The second-order valence-corrected chi connectivity index (χ2v) is 6.86. The van der Waals surface area contributed by atoms with Gasteiger partial charge in [0.05, 0.1) is 22.6 Å². The summed E-state index contributed by atoms with van der Waals surface area (Å²) in [4.78, 5) is 31.7. The van der Waals surface area contributed by atoms with Crippen LogP contribution in [0.1, 0.15) is 49.2 Å². The molecular weight excluding hydrogens is 314 g/mol. The fourth-order valence-electron chi connectivity index (χ4n) is 3.77. The Kier molecular flexibility index (Phi) is 3.29. The summed E-state index contributed by atoms with van der Waals surface area (Å²) >= 11 is 0. The third-order valence-electron chi connectivity index (χ3n) is 5.14. The first-order valence-corrected chi connectivity index (χ1v) is 8.88. The minimum absolute atomic E-state index is 0.0477. The average Bonchev–Trinajstić information content (AvgIpc) is 3.38. The van der Waals surface area contributed by atoms with E-state index in [1.54, 1.807) is 12.4 Å². The van der Waals surface area contributed by atoms with Gasteiger partial charge >= 0.3 is 0 Å². The SMILES string of the molecule is O=c1[nH]c(C2CCCN2c2nccnc2C2CC2)nc2ccccc12. The van der Waals surface area contributed by atoms with E-state index in [1.165, 1.54) is 12.8 Å². The summed E-state index contributed by atoms with van der Waals surface area (Å²) in [5.41, 5.74) is 1.77. The first-order chi connectivity index (χ1) is 12.3. The van der Waals surface area contributed by atoms with Crippen LogP contribution < -0.4 is 10.5 Å². The van der Waals surface area contributed by atoms with Crippen LogP contribution in [0.15, 0.2) is 41.5 Å². The van der Waals surface area contributed by atoms with E-state index >= 15 is 0 Å². The summed E-state index contributed by atoms with van der Waals surface area (Å²) in [5.74, 6) is 2.23. The Morgan fingerprint density at radius 2 is 1.92 bits per heavy atom. The molecule has 0 spiro atoms. The Bertz CT molecular complexity index is 994. The third kappa shape index (κ3) is 2.49. The molecule has 1 saturated heterocycles. The standard InChI is InChI=1S/C19H19N5O/c25-19-13-4-1-2-5-14(13)22-17(23-19)15-6-3-11-24(15)18-16(12-7-8-12)20-9-10-21-18/h1-2,4-5,9-10,12,15H,3,6-8,11H2,(H,22,23,25). The van der Waals surface area contributed by atoms with E-state index in [1.807, 2.05) is 24.3 Å². The van der Waals surface area contributed by atoms with Crippen LogP contribution in [-0.4, -0.2) is 26.5 Å². The number of aromatic nitrogens is 4. The molecule has 25 heavy (non-hydrogen) atoms. The smallest absolute Gasteiger partial charge is 0.258 e. The molecule has 1 aliphatic heterocycles. The molecule has 2 fully saturated rings. The predicted molar refractivity (Wildman–Crippen MR) is 95.7 cm³/mol. The highest BCUT2D eigenvalue weighted by molar-refractivity contribution is 5.77. The van der Waals surface area contributed by atoms with Crippen molar-refractivity contribution < 1.29 is 0 Å². The number of anilines is 1. The maximum absolute atomic E-state index is 12.4. The normalized spacial score (nSPS) is 20.3. The average molecular weight is 333 g/mol. The topological polar surface area (TPSA) is 74.8 Å². The molecule has 1 unspecified atom stereocenters. The number of hydrogen-bond acceptors (Lipinski definition) is 5. The first-order valence-electron chi connectivity index (χ1n) is 8.88. The summed E-state index contributed by atoms with van der Waals surface area (Å²) in [6, 6.07) is 7.53. The lowest BCUT2D eigenvalue weighted by Crippen LogP contribution is -2.28. The minimum atomic E-state index is -0.0750. The van der Waals surface area contributed by atoms with Crippen LogP contribution in [0.25, 0.3) is 10.9 Å². The molecule has 1 aromatic carbocycles. The van der Waals surface area contributed by atoms with Gasteiger partial charge in [0.25, 0.3) is 5.56 Å². The fourth-order valence-corrected chi connectivity index (χ4v) is 3.77. The number of nitrogens with one attached hydrogen (secondary N) is 1. The second kappa shape index (κ2) is 5.65. The zero-order valence-electron chi connectivity index (χ0n) is 13.9. The van der Waals surface area contributed by atoms with Gasteiger partial charge < -0.3 is 9.88 Å². The molecule has 1 saturated carbocycles. The summed E-state index contributed by atoms with van der Waals surface area (Å²) in [5, 5.41) is 0.633. The summed E-state index contributed by atoms with van der Waals surface area (Å²) in [7, 11) is 0. The van der Waals surface area contributed by atoms with Gasteiger partial charge in [-0.1, -0.05) is 12.1 Å². The lowest BCUT2D eigenvalue weighted by atomic mass is 10.1. The van der Waals surface area contributed by atoms with Gasteiger partial charge in [0, 0.05) is 24.9 Å². The summed E-state index contributed by atoms with van der Waals surface area (Å²) < 4.78 is 0. The van der Waals surface area contributed by atoms with Crippen molar-refractivity contribution in [1.29, 1.82) is 0 Å².